The van der Waals surface area contributed by atoms with Crippen molar-refractivity contribution in [3.8, 4) is 11.5 Å². The lowest BCUT2D eigenvalue weighted by Gasteiger charge is -2.11. The SMILES string of the molecule is O=C(Nc1ccc(Oc2ccc([N+](=O)[O-])cc2)cc1)Nc1cccc(C(F)(F)F)c1. The number of anilines is 2. The van der Waals surface area contributed by atoms with E-state index in [0.717, 1.165) is 12.1 Å². The normalized spacial score (nSPS) is 10.9. The van der Waals surface area contributed by atoms with Gasteiger partial charge in [0.15, 0.2) is 0 Å². The molecule has 0 atom stereocenters. The van der Waals surface area contributed by atoms with E-state index in [1.54, 1.807) is 12.1 Å². The van der Waals surface area contributed by atoms with Gasteiger partial charge >= 0.3 is 12.2 Å². The maximum Gasteiger partial charge on any atom is 0.416 e. The second-order valence-electron chi connectivity index (χ2n) is 6.04. The standard InChI is InChI=1S/C20H14F3N3O4/c21-20(22,23)13-2-1-3-15(12-13)25-19(27)24-14-4-8-17(9-5-14)30-18-10-6-16(7-11-18)26(28)29/h1-12H,(H2,24,25,27). The summed E-state index contributed by atoms with van der Waals surface area (Å²) in [5.41, 5.74) is -0.544. The number of hydrogen-bond donors (Lipinski definition) is 2. The third-order valence-corrected chi connectivity index (χ3v) is 3.84. The molecule has 0 aliphatic heterocycles. The quantitative estimate of drug-likeness (QED) is 0.390. The molecule has 3 aromatic rings. The van der Waals surface area contributed by atoms with E-state index in [1.165, 1.54) is 48.5 Å². The second-order valence-corrected chi connectivity index (χ2v) is 6.04. The van der Waals surface area contributed by atoms with E-state index in [0.29, 0.717) is 17.2 Å². The van der Waals surface area contributed by atoms with E-state index in [1.807, 2.05) is 0 Å². The molecule has 0 saturated carbocycles. The highest BCUT2D eigenvalue weighted by Gasteiger charge is 2.30. The first-order valence-corrected chi connectivity index (χ1v) is 8.48. The van der Waals surface area contributed by atoms with Crippen LogP contribution in [0.4, 0.5) is 35.0 Å². The maximum atomic E-state index is 12.7. The molecule has 3 rings (SSSR count). The largest absolute Gasteiger partial charge is 0.457 e. The number of hydrogen-bond acceptors (Lipinski definition) is 4. The van der Waals surface area contributed by atoms with Gasteiger partial charge in [0.1, 0.15) is 11.5 Å². The number of nitro benzene ring substituents is 1. The summed E-state index contributed by atoms with van der Waals surface area (Å²) in [7, 11) is 0. The van der Waals surface area contributed by atoms with Gasteiger partial charge in [-0.1, -0.05) is 6.07 Å². The molecule has 7 nitrogen and oxygen atoms in total. The summed E-state index contributed by atoms with van der Waals surface area (Å²) in [4.78, 5) is 22.1. The Hall–Kier alpha value is -4.08. The highest BCUT2D eigenvalue weighted by Crippen LogP contribution is 2.30. The summed E-state index contributed by atoms with van der Waals surface area (Å²) in [6.07, 6.45) is -4.51. The fourth-order valence-corrected chi connectivity index (χ4v) is 2.45. The molecular formula is C20H14F3N3O4. The zero-order valence-corrected chi connectivity index (χ0v) is 15.1. The lowest BCUT2D eigenvalue weighted by molar-refractivity contribution is -0.384. The molecule has 0 fully saturated rings. The van der Waals surface area contributed by atoms with Crippen molar-refractivity contribution in [2.24, 2.45) is 0 Å². The van der Waals surface area contributed by atoms with Gasteiger partial charge < -0.3 is 15.4 Å². The van der Waals surface area contributed by atoms with Gasteiger partial charge in [-0.3, -0.25) is 10.1 Å². The van der Waals surface area contributed by atoms with E-state index in [2.05, 4.69) is 10.6 Å². The number of alkyl halides is 3. The second kappa shape index (κ2) is 8.52. The van der Waals surface area contributed by atoms with Crippen LogP contribution in [-0.2, 0) is 6.18 Å². The average molecular weight is 417 g/mol. The van der Waals surface area contributed by atoms with Crippen molar-refractivity contribution in [1.82, 2.24) is 0 Å². The Morgan fingerprint density at radius 1 is 0.867 bits per heavy atom. The summed E-state index contributed by atoms with van der Waals surface area (Å²) < 4.78 is 43.8. The number of rotatable bonds is 5. The molecule has 0 aliphatic carbocycles. The summed E-state index contributed by atoms with van der Waals surface area (Å²) in [5.74, 6) is 0.816. The van der Waals surface area contributed by atoms with Gasteiger partial charge in [-0.25, -0.2) is 4.79 Å². The van der Waals surface area contributed by atoms with Gasteiger partial charge in [-0.15, -0.1) is 0 Å². The Bertz CT molecular complexity index is 1050. The number of amides is 2. The maximum absolute atomic E-state index is 12.7. The molecule has 0 saturated heterocycles. The molecule has 0 spiro atoms. The number of non-ortho nitro benzene ring substituents is 1. The van der Waals surface area contributed by atoms with E-state index in [-0.39, 0.29) is 11.4 Å². The molecule has 0 bridgehead atoms. The number of carbonyl (C=O) groups excluding carboxylic acids is 1. The van der Waals surface area contributed by atoms with Crippen LogP contribution in [0.5, 0.6) is 11.5 Å². The van der Waals surface area contributed by atoms with Crippen molar-refractivity contribution in [3.63, 3.8) is 0 Å². The van der Waals surface area contributed by atoms with Gasteiger partial charge in [-0.05, 0) is 54.6 Å². The van der Waals surface area contributed by atoms with Crippen LogP contribution in [0.1, 0.15) is 5.56 Å². The van der Waals surface area contributed by atoms with Gasteiger partial charge in [-0.2, -0.15) is 13.2 Å². The lowest BCUT2D eigenvalue weighted by Crippen LogP contribution is -2.19. The van der Waals surface area contributed by atoms with Crippen molar-refractivity contribution in [3.05, 3.63) is 88.5 Å². The molecule has 154 valence electrons. The van der Waals surface area contributed by atoms with Crippen LogP contribution < -0.4 is 15.4 Å². The summed E-state index contributed by atoms with van der Waals surface area (Å²) in [6.45, 7) is 0. The fourth-order valence-electron chi connectivity index (χ4n) is 2.45. The van der Waals surface area contributed by atoms with E-state index >= 15 is 0 Å². The smallest absolute Gasteiger partial charge is 0.416 e. The first-order chi connectivity index (χ1) is 14.2. The molecule has 0 radical (unpaired) electrons. The monoisotopic (exact) mass is 417 g/mol. The minimum atomic E-state index is -4.51. The topological polar surface area (TPSA) is 93.5 Å². The molecule has 3 aromatic carbocycles. The Morgan fingerprint density at radius 2 is 1.43 bits per heavy atom. The van der Waals surface area contributed by atoms with E-state index in [4.69, 9.17) is 4.74 Å². The summed E-state index contributed by atoms with van der Waals surface area (Å²) >= 11 is 0. The Balaban J connectivity index is 1.59. The number of benzene rings is 3. The summed E-state index contributed by atoms with van der Waals surface area (Å²) in [5, 5.41) is 15.5. The zero-order valence-electron chi connectivity index (χ0n) is 15.1. The van der Waals surface area contributed by atoms with Crippen LogP contribution in [0.3, 0.4) is 0 Å². The minimum Gasteiger partial charge on any atom is -0.457 e. The molecular weight excluding hydrogens is 403 g/mol. The zero-order chi connectivity index (χ0) is 21.7. The molecule has 0 aliphatic rings. The van der Waals surface area contributed by atoms with E-state index < -0.39 is 22.7 Å². The third-order valence-electron chi connectivity index (χ3n) is 3.84. The number of urea groups is 1. The van der Waals surface area contributed by atoms with Crippen molar-refractivity contribution in [2.45, 2.75) is 6.18 Å². The molecule has 2 amide bonds. The van der Waals surface area contributed by atoms with Crippen LogP contribution in [-0.4, -0.2) is 11.0 Å². The van der Waals surface area contributed by atoms with Gasteiger partial charge in [0.25, 0.3) is 5.69 Å². The van der Waals surface area contributed by atoms with Gasteiger partial charge in [0.2, 0.25) is 0 Å². The highest BCUT2D eigenvalue weighted by molar-refractivity contribution is 5.99. The Kier molecular flexibility index (Phi) is 5.86. The van der Waals surface area contributed by atoms with Gasteiger partial charge in [0, 0.05) is 23.5 Å². The number of carbonyl (C=O) groups is 1. The van der Waals surface area contributed by atoms with Crippen molar-refractivity contribution in [1.29, 1.82) is 0 Å². The first-order valence-electron chi connectivity index (χ1n) is 8.48. The van der Waals surface area contributed by atoms with Crippen LogP contribution in [0.25, 0.3) is 0 Å². The van der Waals surface area contributed by atoms with Crippen LogP contribution in [0, 0.1) is 10.1 Å². The Morgan fingerprint density at radius 3 is 2.00 bits per heavy atom. The Labute approximate surface area is 168 Å². The predicted octanol–water partition coefficient (Wildman–Crippen LogP) is 6.05. The molecule has 0 unspecified atom stereocenters. The van der Waals surface area contributed by atoms with E-state index in [9.17, 15) is 28.1 Å². The third kappa shape index (κ3) is 5.47. The number of nitro groups is 1. The van der Waals surface area contributed by atoms with Crippen LogP contribution in [0.15, 0.2) is 72.8 Å². The molecule has 0 heterocycles. The van der Waals surface area contributed by atoms with Crippen LogP contribution in [0.2, 0.25) is 0 Å². The summed E-state index contributed by atoms with van der Waals surface area (Å²) in [6, 6.07) is 15.3. The number of nitrogens with one attached hydrogen (secondary N) is 2. The number of halogens is 3. The predicted molar refractivity (Wildman–Crippen MR) is 104 cm³/mol. The molecule has 30 heavy (non-hydrogen) atoms. The van der Waals surface area contributed by atoms with Crippen molar-refractivity contribution in [2.75, 3.05) is 10.6 Å². The first kappa shape index (κ1) is 20.6. The van der Waals surface area contributed by atoms with Gasteiger partial charge in [0.05, 0.1) is 10.5 Å². The fraction of sp³-hybridized carbons (Fsp3) is 0.0500. The molecule has 2 N–H and O–H groups in total. The number of nitrogens with zero attached hydrogens (tertiary/aromatic N) is 1. The lowest BCUT2D eigenvalue weighted by atomic mass is 10.2. The minimum absolute atomic E-state index is 0.000416. The highest BCUT2D eigenvalue weighted by atomic mass is 19.4. The van der Waals surface area contributed by atoms with Crippen LogP contribution >= 0.6 is 0 Å². The number of ether oxygens (including phenoxy) is 1. The van der Waals surface area contributed by atoms with Crippen molar-refractivity contribution < 1.29 is 27.6 Å². The molecule has 0 aromatic heterocycles. The molecule has 10 heteroatoms. The van der Waals surface area contributed by atoms with Crippen molar-refractivity contribution >= 4 is 23.1 Å². The average Bonchev–Trinajstić information content (AvgIpc) is 2.69.